The third-order valence-electron chi connectivity index (χ3n) is 7.35. The van der Waals surface area contributed by atoms with Crippen LogP contribution in [0.1, 0.15) is 24.1 Å². The Kier molecular flexibility index (Phi) is 5.24. The molecule has 6 rings (SSSR count). The molecule has 1 saturated heterocycles. The van der Waals surface area contributed by atoms with Gasteiger partial charge in [0.15, 0.2) is 5.65 Å². The molecule has 35 heavy (non-hydrogen) atoms. The number of anilines is 2. The minimum atomic E-state index is -4.45. The van der Waals surface area contributed by atoms with E-state index in [1.54, 1.807) is 40.4 Å². The molecular formula is C25H25F3N6S. The zero-order chi connectivity index (χ0) is 24.3. The van der Waals surface area contributed by atoms with Gasteiger partial charge in [0.2, 0.25) is 5.95 Å². The van der Waals surface area contributed by atoms with Crippen molar-refractivity contribution < 1.29 is 13.2 Å². The van der Waals surface area contributed by atoms with Crippen LogP contribution < -0.4 is 9.80 Å². The van der Waals surface area contributed by atoms with Crippen LogP contribution in [-0.2, 0) is 6.18 Å². The summed E-state index contributed by atoms with van der Waals surface area (Å²) in [5.74, 6) is 1.49. The van der Waals surface area contributed by atoms with Crippen molar-refractivity contribution in [3.05, 3.63) is 59.9 Å². The predicted molar refractivity (Wildman–Crippen MR) is 131 cm³/mol. The summed E-state index contributed by atoms with van der Waals surface area (Å²) >= 11 is 1.55. The molecule has 6 nitrogen and oxygen atoms in total. The van der Waals surface area contributed by atoms with E-state index in [0.717, 1.165) is 37.7 Å². The highest BCUT2D eigenvalue weighted by molar-refractivity contribution is 7.10. The first-order valence-corrected chi connectivity index (χ1v) is 12.5. The molecule has 2 fully saturated rings. The van der Waals surface area contributed by atoms with Crippen LogP contribution in [0.25, 0.3) is 16.8 Å². The highest BCUT2D eigenvalue weighted by atomic mass is 32.1. The number of rotatable bonds is 4. The lowest BCUT2D eigenvalue weighted by molar-refractivity contribution is -0.137. The van der Waals surface area contributed by atoms with E-state index in [0.29, 0.717) is 35.0 Å². The average Bonchev–Trinajstić information content (AvgIpc) is 3.53. The number of pyridine rings is 1. The Hall–Kier alpha value is -3.14. The van der Waals surface area contributed by atoms with Gasteiger partial charge >= 0.3 is 6.18 Å². The van der Waals surface area contributed by atoms with Gasteiger partial charge in [0.05, 0.1) is 11.3 Å². The molecule has 3 atom stereocenters. The van der Waals surface area contributed by atoms with Crippen LogP contribution in [0, 0.1) is 18.8 Å². The third-order valence-corrected chi connectivity index (χ3v) is 8.29. The molecule has 10 heteroatoms. The van der Waals surface area contributed by atoms with Crippen molar-refractivity contribution in [2.24, 2.45) is 11.8 Å². The van der Waals surface area contributed by atoms with E-state index in [-0.39, 0.29) is 5.56 Å². The zero-order valence-corrected chi connectivity index (χ0v) is 20.2. The molecule has 1 saturated carbocycles. The van der Waals surface area contributed by atoms with Crippen molar-refractivity contribution >= 4 is 28.1 Å². The van der Waals surface area contributed by atoms with Gasteiger partial charge in [0, 0.05) is 37.9 Å². The Bertz CT molecular complexity index is 1370. The van der Waals surface area contributed by atoms with Gasteiger partial charge in [-0.25, -0.2) is 4.52 Å². The molecule has 2 aliphatic rings. The molecule has 0 radical (unpaired) electrons. The number of halogens is 3. The molecule has 1 aliphatic carbocycles. The minimum Gasteiger partial charge on any atom is -0.361 e. The normalized spacial score (nSPS) is 22.2. The van der Waals surface area contributed by atoms with Crippen LogP contribution in [0.3, 0.4) is 0 Å². The van der Waals surface area contributed by atoms with Crippen LogP contribution in [0.15, 0.2) is 48.7 Å². The number of fused-ring (bicyclic) bond motifs is 3. The van der Waals surface area contributed by atoms with Gasteiger partial charge in [-0.15, -0.1) is 5.10 Å². The quantitative estimate of drug-likeness (QED) is 0.370. The summed E-state index contributed by atoms with van der Waals surface area (Å²) in [6.07, 6.45) is -0.424. The molecular weight excluding hydrogens is 473 g/mol. The van der Waals surface area contributed by atoms with Gasteiger partial charge in [0.1, 0.15) is 5.00 Å². The van der Waals surface area contributed by atoms with E-state index in [1.165, 1.54) is 17.1 Å². The van der Waals surface area contributed by atoms with Gasteiger partial charge in [-0.2, -0.15) is 22.5 Å². The Labute approximate surface area is 205 Å². The number of aromatic nitrogens is 4. The number of hydrogen-bond donors (Lipinski definition) is 0. The number of hydrogen-bond acceptors (Lipinski definition) is 6. The average molecular weight is 499 g/mol. The van der Waals surface area contributed by atoms with E-state index in [2.05, 4.69) is 25.3 Å². The maximum atomic E-state index is 13.7. The fourth-order valence-corrected chi connectivity index (χ4v) is 6.64. The third kappa shape index (κ3) is 3.84. The Morgan fingerprint density at radius 1 is 1.03 bits per heavy atom. The molecule has 182 valence electrons. The first-order valence-electron chi connectivity index (χ1n) is 11.7. The van der Waals surface area contributed by atoms with Gasteiger partial charge in [-0.3, -0.25) is 0 Å². The second kappa shape index (κ2) is 8.22. The number of aryl methyl sites for hydroxylation is 1. The molecule has 0 spiro atoms. The van der Waals surface area contributed by atoms with Crippen molar-refractivity contribution in [2.45, 2.75) is 32.0 Å². The molecule has 4 heterocycles. The Balaban J connectivity index is 1.32. The van der Waals surface area contributed by atoms with Gasteiger partial charge in [-0.1, -0.05) is 18.2 Å². The van der Waals surface area contributed by atoms with Crippen LogP contribution in [-0.4, -0.2) is 45.2 Å². The fourth-order valence-electron chi connectivity index (χ4n) is 5.86. The molecule has 1 aliphatic heterocycles. The molecule has 0 amide bonds. The predicted octanol–water partition coefficient (Wildman–Crippen LogP) is 5.53. The first-order chi connectivity index (χ1) is 16.8. The van der Waals surface area contributed by atoms with Gasteiger partial charge < -0.3 is 9.80 Å². The fraction of sp³-hybridized carbons (Fsp3) is 0.400. The number of benzene rings is 1. The molecule has 2 unspecified atom stereocenters. The number of piperidine rings is 1. The van der Waals surface area contributed by atoms with E-state index in [1.807, 2.05) is 14.0 Å². The van der Waals surface area contributed by atoms with Crippen molar-refractivity contribution in [3.8, 4) is 11.1 Å². The summed E-state index contributed by atoms with van der Waals surface area (Å²) in [5.41, 5.74) is 1.34. The number of alkyl halides is 3. The smallest absolute Gasteiger partial charge is 0.361 e. The van der Waals surface area contributed by atoms with Crippen molar-refractivity contribution in [1.82, 2.24) is 19.0 Å². The molecule has 2 bridgehead atoms. The molecule has 4 aromatic rings. The van der Waals surface area contributed by atoms with E-state index < -0.39 is 11.7 Å². The summed E-state index contributed by atoms with van der Waals surface area (Å²) in [5, 5.41) is 5.89. The monoisotopic (exact) mass is 498 g/mol. The second-order valence-electron chi connectivity index (χ2n) is 9.56. The SMILES string of the molecule is Cc1cc(N2CC3CC[C@@H](C2)C3N(C)c2nc3c(-c4ccccc4C(F)(F)F)cccn3n2)sn1. The van der Waals surface area contributed by atoms with Gasteiger partial charge in [-0.05, 0) is 73.0 Å². The topological polar surface area (TPSA) is 49.6 Å². The first kappa shape index (κ1) is 22.3. The van der Waals surface area contributed by atoms with Gasteiger partial charge in [0.25, 0.3) is 0 Å². The second-order valence-corrected chi connectivity index (χ2v) is 10.3. The minimum absolute atomic E-state index is 0.112. The summed E-state index contributed by atoms with van der Waals surface area (Å²) in [7, 11) is 2.01. The lowest BCUT2D eigenvalue weighted by atomic mass is 9.91. The molecule has 0 N–H and O–H groups in total. The standard InChI is InChI=1S/C25H25F3N6S/c1-15-12-21(35-31-15)33-13-16-9-10-17(14-33)22(16)32(2)24-29-23-19(7-5-11-34(23)30-24)18-6-3-4-8-20(18)25(26,27)28/h3-8,11-12,16-17,22H,9-10,13-14H2,1-2H3/t16-,17?,22?/m0/s1. The molecule has 3 aromatic heterocycles. The molecule has 1 aromatic carbocycles. The Morgan fingerprint density at radius 3 is 2.43 bits per heavy atom. The Morgan fingerprint density at radius 2 is 1.74 bits per heavy atom. The van der Waals surface area contributed by atoms with Crippen LogP contribution >= 0.6 is 11.5 Å². The van der Waals surface area contributed by atoms with Crippen LogP contribution in [0.5, 0.6) is 0 Å². The maximum absolute atomic E-state index is 13.7. The number of nitrogens with zero attached hydrogens (tertiary/aromatic N) is 6. The lowest BCUT2D eigenvalue weighted by Crippen LogP contribution is -2.52. The maximum Gasteiger partial charge on any atom is 0.417 e. The summed E-state index contributed by atoms with van der Waals surface area (Å²) in [4.78, 5) is 9.34. The highest BCUT2D eigenvalue weighted by Gasteiger charge is 2.45. The van der Waals surface area contributed by atoms with E-state index in [9.17, 15) is 13.2 Å². The van der Waals surface area contributed by atoms with Crippen molar-refractivity contribution in [3.63, 3.8) is 0 Å². The van der Waals surface area contributed by atoms with Crippen LogP contribution in [0.4, 0.5) is 24.1 Å². The largest absolute Gasteiger partial charge is 0.417 e. The lowest BCUT2D eigenvalue weighted by Gasteiger charge is -2.42. The highest BCUT2D eigenvalue weighted by Crippen LogP contribution is 2.43. The summed E-state index contributed by atoms with van der Waals surface area (Å²) in [6, 6.07) is 11.5. The zero-order valence-electron chi connectivity index (χ0n) is 19.4. The summed E-state index contributed by atoms with van der Waals surface area (Å²) in [6.45, 7) is 3.95. The van der Waals surface area contributed by atoms with Crippen LogP contribution in [0.2, 0.25) is 0 Å². The van der Waals surface area contributed by atoms with E-state index >= 15 is 0 Å². The summed E-state index contributed by atoms with van der Waals surface area (Å²) < 4.78 is 47.1. The van der Waals surface area contributed by atoms with Crippen molar-refractivity contribution in [2.75, 3.05) is 29.9 Å². The van der Waals surface area contributed by atoms with E-state index in [4.69, 9.17) is 4.98 Å². The van der Waals surface area contributed by atoms with Crippen molar-refractivity contribution in [1.29, 1.82) is 0 Å².